The number of benzene rings is 1. The number of hydrogen-bond donors (Lipinski definition) is 2. The van der Waals surface area contributed by atoms with Crippen LogP contribution >= 0.6 is 0 Å². The van der Waals surface area contributed by atoms with E-state index in [0.29, 0.717) is 13.0 Å². The molecule has 20 heavy (non-hydrogen) atoms. The summed E-state index contributed by atoms with van der Waals surface area (Å²) in [7, 11) is 0. The number of nitrogens with two attached hydrogens (primary N) is 1. The van der Waals surface area contributed by atoms with E-state index >= 15 is 0 Å². The van der Waals surface area contributed by atoms with E-state index in [0.717, 1.165) is 42.9 Å². The Labute approximate surface area is 121 Å². The summed E-state index contributed by atoms with van der Waals surface area (Å²) in [6.07, 6.45) is 2.42. The second kappa shape index (κ2) is 6.95. The highest BCUT2D eigenvalue weighted by atomic mass is 16.5. The molecule has 0 aromatic heterocycles. The summed E-state index contributed by atoms with van der Waals surface area (Å²) in [5, 5.41) is 10.2. The van der Waals surface area contributed by atoms with E-state index < -0.39 is 6.10 Å². The molecule has 0 bridgehead atoms. The van der Waals surface area contributed by atoms with Gasteiger partial charge in [0.15, 0.2) is 0 Å². The lowest BCUT2D eigenvalue weighted by Crippen LogP contribution is -2.38. The van der Waals surface area contributed by atoms with Gasteiger partial charge in [-0.05, 0) is 50.4 Å². The number of fused-ring (bicyclic) bond motifs is 1. The zero-order chi connectivity index (χ0) is 14.5. The largest absolute Gasteiger partial charge is 0.487 e. The van der Waals surface area contributed by atoms with Crippen LogP contribution in [-0.2, 0) is 0 Å². The van der Waals surface area contributed by atoms with E-state index in [1.165, 1.54) is 0 Å². The van der Waals surface area contributed by atoms with E-state index in [-0.39, 0.29) is 6.10 Å². The van der Waals surface area contributed by atoms with Crippen LogP contribution in [0.3, 0.4) is 0 Å². The Morgan fingerprint density at radius 2 is 2.30 bits per heavy atom. The Morgan fingerprint density at radius 1 is 1.50 bits per heavy atom. The van der Waals surface area contributed by atoms with Crippen molar-refractivity contribution in [3.05, 3.63) is 23.8 Å². The van der Waals surface area contributed by atoms with E-state index in [9.17, 15) is 5.11 Å². The molecule has 2 rings (SSSR count). The van der Waals surface area contributed by atoms with Crippen LogP contribution in [0, 0.1) is 0 Å². The predicted molar refractivity (Wildman–Crippen MR) is 82.3 cm³/mol. The molecule has 0 radical (unpaired) electrons. The van der Waals surface area contributed by atoms with Gasteiger partial charge in [0.1, 0.15) is 11.9 Å². The van der Waals surface area contributed by atoms with Crippen LogP contribution in [0.2, 0.25) is 0 Å². The van der Waals surface area contributed by atoms with Gasteiger partial charge in [-0.15, -0.1) is 0 Å². The fraction of sp³-hybridized carbons (Fsp3) is 0.625. The summed E-state index contributed by atoms with van der Waals surface area (Å²) in [5.41, 5.74) is 7.56. The summed E-state index contributed by atoms with van der Waals surface area (Å²) in [4.78, 5) is 2.35. The number of ether oxygens (including phenoxy) is 1. The molecular formula is C16H26N2O2. The highest BCUT2D eigenvalue weighted by molar-refractivity contribution is 5.62. The number of nitrogens with zero attached hydrogens (tertiary/aromatic N) is 1. The zero-order valence-corrected chi connectivity index (χ0v) is 12.5. The summed E-state index contributed by atoms with van der Waals surface area (Å²) >= 11 is 0. The molecule has 0 spiro atoms. The third-order valence-electron chi connectivity index (χ3n) is 3.69. The normalized spacial score (nSPS) is 19.4. The van der Waals surface area contributed by atoms with Crippen molar-refractivity contribution in [3.8, 4) is 5.75 Å². The van der Waals surface area contributed by atoms with Gasteiger partial charge in [-0.2, -0.15) is 0 Å². The number of rotatable bonds is 6. The van der Waals surface area contributed by atoms with Gasteiger partial charge in [0.05, 0.1) is 18.3 Å². The lowest BCUT2D eigenvalue weighted by atomic mass is 10.0. The third-order valence-corrected chi connectivity index (χ3v) is 3.69. The van der Waals surface area contributed by atoms with Crippen LogP contribution in [0.1, 0.15) is 44.8 Å². The van der Waals surface area contributed by atoms with Crippen molar-refractivity contribution < 1.29 is 9.84 Å². The number of aliphatic hydroxyl groups is 1. The Balaban J connectivity index is 2.21. The molecule has 1 heterocycles. The van der Waals surface area contributed by atoms with Crippen LogP contribution in [0.5, 0.6) is 5.75 Å². The van der Waals surface area contributed by atoms with Gasteiger partial charge in [-0.1, -0.05) is 13.0 Å². The Kier molecular flexibility index (Phi) is 5.26. The molecule has 0 amide bonds. The van der Waals surface area contributed by atoms with Crippen LogP contribution < -0.4 is 15.4 Å². The molecule has 4 heteroatoms. The molecule has 0 fully saturated rings. The Bertz CT molecular complexity index is 436. The lowest BCUT2D eigenvalue weighted by Gasteiger charge is -2.35. The minimum atomic E-state index is -0.438. The second-order valence-corrected chi connectivity index (χ2v) is 5.55. The highest BCUT2D eigenvalue weighted by Gasteiger charge is 2.23. The quantitative estimate of drug-likeness (QED) is 0.839. The van der Waals surface area contributed by atoms with Crippen molar-refractivity contribution in [1.82, 2.24) is 0 Å². The van der Waals surface area contributed by atoms with E-state index in [4.69, 9.17) is 10.5 Å². The van der Waals surface area contributed by atoms with Crippen LogP contribution in [0.25, 0.3) is 0 Å². The van der Waals surface area contributed by atoms with Crippen molar-refractivity contribution >= 4 is 5.69 Å². The fourth-order valence-corrected chi connectivity index (χ4v) is 2.71. The molecule has 1 aromatic rings. The van der Waals surface area contributed by atoms with Crippen molar-refractivity contribution in [2.24, 2.45) is 5.73 Å². The van der Waals surface area contributed by atoms with Crippen LogP contribution in [0.15, 0.2) is 18.2 Å². The number of hydrogen-bond acceptors (Lipinski definition) is 4. The van der Waals surface area contributed by atoms with Crippen molar-refractivity contribution in [2.75, 3.05) is 24.5 Å². The molecule has 4 nitrogen and oxygen atoms in total. The fourth-order valence-electron chi connectivity index (χ4n) is 2.71. The highest BCUT2D eigenvalue weighted by Crippen LogP contribution is 2.36. The van der Waals surface area contributed by atoms with Crippen LogP contribution in [0.4, 0.5) is 5.69 Å². The van der Waals surface area contributed by atoms with Crippen LogP contribution in [-0.4, -0.2) is 30.8 Å². The average Bonchev–Trinajstić information content (AvgIpc) is 2.44. The van der Waals surface area contributed by atoms with Gasteiger partial charge < -0.3 is 20.5 Å². The lowest BCUT2D eigenvalue weighted by molar-refractivity contribution is 0.165. The standard InChI is InChI=1S/C16H26N2O2/c1-3-9-18-11-12(2)20-16-7-6-13(10-14(16)18)15(19)5-4-8-17/h6-7,10,12,15,19H,3-5,8-9,11,17H2,1-2H3. The molecule has 2 atom stereocenters. The molecule has 0 aliphatic carbocycles. The monoisotopic (exact) mass is 278 g/mol. The summed E-state index contributed by atoms with van der Waals surface area (Å²) in [5.74, 6) is 0.923. The maximum absolute atomic E-state index is 10.2. The Hall–Kier alpha value is -1.26. The second-order valence-electron chi connectivity index (χ2n) is 5.55. The molecule has 2 unspecified atom stereocenters. The van der Waals surface area contributed by atoms with E-state index in [1.807, 2.05) is 12.1 Å². The first-order chi connectivity index (χ1) is 9.65. The predicted octanol–water partition coefficient (Wildman–Crippen LogP) is 2.46. The van der Waals surface area contributed by atoms with Gasteiger partial charge in [0, 0.05) is 6.54 Å². The molecular weight excluding hydrogens is 252 g/mol. The van der Waals surface area contributed by atoms with Crippen molar-refractivity contribution in [1.29, 1.82) is 0 Å². The smallest absolute Gasteiger partial charge is 0.143 e. The van der Waals surface area contributed by atoms with Gasteiger partial charge in [0.25, 0.3) is 0 Å². The minimum Gasteiger partial charge on any atom is -0.487 e. The minimum absolute atomic E-state index is 0.210. The maximum Gasteiger partial charge on any atom is 0.143 e. The number of anilines is 1. The first kappa shape index (κ1) is 15.1. The summed E-state index contributed by atoms with van der Waals surface area (Å²) < 4.78 is 5.88. The van der Waals surface area contributed by atoms with Gasteiger partial charge in [-0.3, -0.25) is 0 Å². The zero-order valence-electron chi connectivity index (χ0n) is 12.5. The maximum atomic E-state index is 10.2. The molecule has 3 N–H and O–H groups in total. The Morgan fingerprint density at radius 3 is 3.00 bits per heavy atom. The molecule has 0 saturated heterocycles. The van der Waals surface area contributed by atoms with Gasteiger partial charge >= 0.3 is 0 Å². The molecule has 0 saturated carbocycles. The van der Waals surface area contributed by atoms with Crippen molar-refractivity contribution in [3.63, 3.8) is 0 Å². The first-order valence-corrected chi connectivity index (χ1v) is 7.59. The average molecular weight is 278 g/mol. The molecule has 1 aliphatic rings. The van der Waals surface area contributed by atoms with E-state index in [2.05, 4.69) is 24.8 Å². The topological polar surface area (TPSA) is 58.7 Å². The first-order valence-electron chi connectivity index (χ1n) is 7.59. The van der Waals surface area contributed by atoms with Crippen molar-refractivity contribution in [2.45, 2.75) is 45.3 Å². The van der Waals surface area contributed by atoms with Gasteiger partial charge in [-0.25, -0.2) is 0 Å². The molecule has 1 aromatic carbocycles. The SMILES string of the molecule is CCCN1CC(C)Oc2ccc(C(O)CCCN)cc21. The summed E-state index contributed by atoms with van der Waals surface area (Å²) in [6, 6.07) is 6.01. The van der Waals surface area contributed by atoms with Gasteiger partial charge in [0.2, 0.25) is 0 Å². The third kappa shape index (κ3) is 3.44. The molecule has 112 valence electrons. The molecule has 1 aliphatic heterocycles. The van der Waals surface area contributed by atoms with E-state index in [1.54, 1.807) is 0 Å². The summed E-state index contributed by atoms with van der Waals surface area (Å²) in [6.45, 7) is 6.81. The number of aliphatic hydroxyl groups excluding tert-OH is 1.